The Morgan fingerprint density at radius 3 is 2.80 bits per heavy atom. The van der Waals surface area contributed by atoms with E-state index in [4.69, 9.17) is 4.74 Å². The number of anilines is 1. The minimum Gasteiger partial charge on any atom is -0.491 e. The van der Waals surface area contributed by atoms with Crippen LogP contribution in [0.3, 0.4) is 0 Å². The van der Waals surface area contributed by atoms with E-state index in [1.165, 1.54) is 6.33 Å². The highest BCUT2D eigenvalue weighted by Crippen LogP contribution is 2.50. The zero-order valence-electron chi connectivity index (χ0n) is 20.0. The van der Waals surface area contributed by atoms with Gasteiger partial charge >= 0.3 is 0 Å². The molecule has 0 saturated carbocycles. The van der Waals surface area contributed by atoms with Crippen LogP contribution in [-0.4, -0.2) is 45.0 Å². The number of fused-ring (bicyclic) bond motifs is 2. The summed E-state index contributed by atoms with van der Waals surface area (Å²) in [5.41, 5.74) is 4.20. The SMILES string of the molecule is CC(=O)N1CC=C(c2cc3c(N[C@H](C)c4cccc5c4OCC5(P)P)ncnc3n(C)c2=O)CC1. The fourth-order valence-corrected chi connectivity index (χ4v) is 5.41. The third-order valence-corrected chi connectivity index (χ3v) is 7.78. The molecule has 5 rings (SSSR count). The van der Waals surface area contributed by atoms with E-state index in [0.717, 1.165) is 27.8 Å². The number of hydrogen-bond acceptors (Lipinski definition) is 6. The van der Waals surface area contributed by atoms with Crippen molar-refractivity contribution in [2.75, 3.05) is 25.0 Å². The van der Waals surface area contributed by atoms with Crippen molar-refractivity contribution in [1.82, 2.24) is 19.4 Å². The van der Waals surface area contributed by atoms with Crippen LogP contribution in [0.5, 0.6) is 5.75 Å². The van der Waals surface area contributed by atoms with E-state index in [-0.39, 0.29) is 22.4 Å². The first-order valence-electron chi connectivity index (χ1n) is 11.6. The third-order valence-electron chi connectivity index (χ3n) is 6.83. The Balaban J connectivity index is 1.53. The van der Waals surface area contributed by atoms with Gasteiger partial charge in [-0.1, -0.05) is 24.3 Å². The van der Waals surface area contributed by atoms with Gasteiger partial charge in [-0.3, -0.25) is 14.2 Å². The van der Waals surface area contributed by atoms with E-state index in [1.807, 2.05) is 18.2 Å². The first-order chi connectivity index (χ1) is 16.7. The lowest BCUT2D eigenvalue weighted by Crippen LogP contribution is -2.33. The highest BCUT2D eigenvalue weighted by Gasteiger charge is 2.34. The number of carbonyl (C=O) groups excluding carboxylic acids is 1. The van der Waals surface area contributed by atoms with Crippen LogP contribution in [-0.2, 0) is 16.7 Å². The van der Waals surface area contributed by atoms with E-state index in [9.17, 15) is 9.59 Å². The van der Waals surface area contributed by atoms with Crippen molar-refractivity contribution in [2.24, 2.45) is 7.05 Å². The van der Waals surface area contributed by atoms with Gasteiger partial charge in [0.05, 0.1) is 16.3 Å². The van der Waals surface area contributed by atoms with Crippen LogP contribution in [0.25, 0.3) is 16.6 Å². The second kappa shape index (κ2) is 9.00. The Bertz CT molecular complexity index is 1430. The fraction of sp³-hybridized carbons (Fsp3) is 0.360. The van der Waals surface area contributed by atoms with Crippen LogP contribution in [0.2, 0.25) is 0 Å². The first-order valence-corrected chi connectivity index (χ1v) is 12.7. The lowest BCUT2D eigenvalue weighted by molar-refractivity contribution is -0.128. The van der Waals surface area contributed by atoms with Crippen molar-refractivity contribution in [3.8, 4) is 5.75 Å². The van der Waals surface area contributed by atoms with Gasteiger partial charge in [-0.25, -0.2) is 9.97 Å². The van der Waals surface area contributed by atoms with Crippen molar-refractivity contribution in [3.05, 3.63) is 63.7 Å². The summed E-state index contributed by atoms with van der Waals surface area (Å²) in [6, 6.07) is 7.98. The second-order valence-corrected chi connectivity index (χ2v) is 12.0. The smallest absolute Gasteiger partial charge is 0.259 e. The minimum absolute atomic E-state index is 0.0394. The predicted octanol–water partition coefficient (Wildman–Crippen LogP) is 3.43. The summed E-state index contributed by atoms with van der Waals surface area (Å²) in [4.78, 5) is 35.4. The maximum absolute atomic E-state index is 13.2. The molecule has 35 heavy (non-hydrogen) atoms. The van der Waals surface area contributed by atoms with E-state index in [0.29, 0.717) is 43.1 Å². The molecule has 10 heteroatoms. The molecule has 0 fully saturated rings. The molecule has 0 spiro atoms. The lowest BCUT2D eigenvalue weighted by Gasteiger charge is -2.25. The zero-order valence-corrected chi connectivity index (χ0v) is 22.3. The predicted molar refractivity (Wildman–Crippen MR) is 145 cm³/mol. The van der Waals surface area contributed by atoms with Gasteiger partial charge in [-0.15, -0.1) is 18.5 Å². The van der Waals surface area contributed by atoms with Gasteiger partial charge in [-0.2, -0.15) is 0 Å². The van der Waals surface area contributed by atoms with Gasteiger partial charge in [0.2, 0.25) is 5.91 Å². The molecule has 182 valence electrons. The molecule has 8 nitrogen and oxygen atoms in total. The highest BCUT2D eigenvalue weighted by atomic mass is 31.1. The second-order valence-electron chi connectivity index (χ2n) is 9.25. The molecular formula is C25H29N5O3P2. The summed E-state index contributed by atoms with van der Waals surface area (Å²) in [6.07, 6.45) is 4.07. The number of benzene rings is 1. The summed E-state index contributed by atoms with van der Waals surface area (Å²) in [6.45, 7) is 5.32. The van der Waals surface area contributed by atoms with E-state index < -0.39 is 0 Å². The van der Waals surface area contributed by atoms with Gasteiger partial charge in [0.1, 0.15) is 30.1 Å². The number of rotatable bonds is 4. The summed E-state index contributed by atoms with van der Waals surface area (Å²) >= 11 is 0. The van der Waals surface area contributed by atoms with Crippen LogP contribution in [0, 0.1) is 0 Å². The number of nitrogens with zero attached hydrogens (tertiary/aromatic N) is 4. The van der Waals surface area contributed by atoms with Crippen LogP contribution in [0.15, 0.2) is 41.5 Å². The topological polar surface area (TPSA) is 89.3 Å². The number of ether oxygens (including phenoxy) is 1. The molecule has 3 atom stereocenters. The Morgan fingerprint density at radius 1 is 1.29 bits per heavy atom. The number of para-hydroxylation sites is 1. The lowest BCUT2D eigenvalue weighted by atomic mass is 9.99. The molecule has 0 bridgehead atoms. The minimum atomic E-state index is -0.189. The van der Waals surface area contributed by atoms with Crippen molar-refractivity contribution in [1.29, 1.82) is 0 Å². The number of nitrogens with one attached hydrogen (secondary N) is 1. The molecule has 4 heterocycles. The van der Waals surface area contributed by atoms with Gasteiger partial charge < -0.3 is 15.0 Å². The van der Waals surface area contributed by atoms with Crippen LogP contribution >= 0.6 is 18.5 Å². The molecule has 1 N–H and O–H groups in total. The zero-order chi connectivity index (χ0) is 24.9. The third kappa shape index (κ3) is 4.23. The number of aromatic nitrogens is 3. The van der Waals surface area contributed by atoms with Gasteiger partial charge in [0.15, 0.2) is 0 Å². The molecule has 2 aromatic heterocycles. The number of aryl methyl sites for hydroxylation is 1. The average Bonchev–Trinajstić information content (AvgIpc) is 3.16. The molecule has 3 aromatic rings. The van der Waals surface area contributed by atoms with Gasteiger partial charge in [-0.05, 0) is 25.0 Å². The number of hydrogen-bond donors (Lipinski definition) is 1. The van der Waals surface area contributed by atoms with Crippen molar-refractivity contribution >= 4 is 46.8 Å². The molecule has 1 aromatic carbocycles. The Morgan fingerprint density at radius 2 is 2.09 bits per heavy atom. The molecule has 0 saturated heterocycles. The number of pyridine rings is 1. The van der Waals surface area contributed by atoms with E-state index >= 15 is 0 Å². The number of amides is 1. The van der Waals surface area contributed by atoms with Crippen LogP contribution < -0.4 is 15.6 Å². The van der Waals surface area contributed by atoms with Gasteiger partial charge in [0, 0.05) is 43.8 Å². The monoisotopic (exact) mass is 509 g/mol. The summed E-state index contributed by atoms with van der Waals surface area (Å²) < 4.78 is 7.62. The molecular weight excluding hydrogens is 480 g/mol. The standard InChI is InChI=1S/C25H29N5O3P2/c1-14(17-5-4-6-20-21(17)33-12-25(20,34)35)28-22-19-11-18(16-7-9-30(10-8-16)15(2)31)24(32)29(3)23(19)27-13-26-22/h4-7,11,13-14H,8-10,12,34-35H2,1-3H3,(H,26,27,28)/t14-/m1/s1. The quantitative estimate of drug-likeness (QED) is 0.543. The maximum atomic E-state index is 13.2. The summed E-state index contributed by atoms with van der Waals surface area (Å²) in [5.74, 6) is 1.59. The first kappa shape index (κ1) is 23.9. The van der Waals surface area contributed by atoms with Crippen molar-refractivity contribution in [3.63, 3.8) is 0 Å². The molecule has 2 aliphatic rings. The van der Waals surface area contributed by atoms with E-state index in [1.54, 1.807) is 23.4 Å². The largest absolute Gasteiger partial charge is 0.491 e. The fourth-order valence-electron chi connectivity index (χ4n) is 4.79. The molecule has 2 unspecified atom stereocenters. The Kier molecular flexibility index (Phi) is 6.14. The normalized spacial score (nSPS) is 17.5. The van der Waals surface area contributed by atoms with Crippen LogP contribution in [0.4, 0.5) is 5.82 Å². The summed E-state index contributed by atoms with van der Waals surface area (Å²) in [7, 11) is 7.44. The van der Waals surface area contributed by atoms with Crippen LogP contribution in [0.1, 0.15) is 43.0 Å². The van der Waals surface area contributed by atoms with E-state index in [2.05, 4.69) is 52.8 Å². The van der Waals surface area contributed by atoms with Gasteiger partial charge in [0.25, 0.3) is 5.56 Å². The maximum Gasteiger partial charge on any atom is 0.259 e. The summed E-state index contributed by atoms with van der Waals surface area (Å²) in [5, 5.41) is 4.29. The van der Waals surface area contributed by atoms with Crippen molar-refractivity contribution in [2.45, 2.75) is 31.2 Å². The number of carbonyl (C=O) groups is 1. The Labute approximate surface area is 208 Å². The molecule has 1 amide bonds. The Hall–Kier alpha value is -2.82. The molecule has 0 aliphatic carbocycles. The highest BCUT2D eigenvalue weighted by molar-refractivity contribution is 7.39. The molecule has 2 aliphatic heterocycles. The molecule has 0 radical (unpaired) electrons. The average molecular weight is 509 g/mol. The van der Waals surface area contributed by atoms with Crippen molar-refractivity contribution < 1.29 is 9.53 Å².